The lowest BCUT2D eigenvalue weighted by atomic mass is 10.1. The molecule has 7 nitrogen and oxygen atoms in total. The van der Waals surface area contributed by atoms with Gasteiger partial charge < -0.3 is 4.90 Å². The van der Waals surface area contributed by atoms with Crippen LogP contribution in [0.5, 0.6) is 0 Å². The van der Waals surface area contributed by atoms with Gasteiger partial charge in [-0.2, -0.15) is 0 Å². The number of hydrogen-bond acceptors (Lipinski definition) is 5. The van der Waals surface area contributed by atoms with E-state index < -0.39 is 10.0 Å². The summed E-state index contributed by atoms with van der Waals surface area (Å²) in [5, 5.41) is 1.13. The number of pyridine rings is 1. The van der Waals surface area contributed by atoms with Gasteiger partial charge >= 0.3 is 0 Å². The predicted octanol–water partition coefficient (Wildman–Crippen LogP) is 3.99. The fourth-order valence-electron chi connectivity index (χ4n) is 4.36. The summed E-state index contributed by atoms with van der Waals surface area (Å²) >= 11 is 0. The van der Waals surface area contributed by atoms with E-state index in [1.165, 1.54) is 17.7 Å². The topological polar surface area (TPSA) is 82.6 Å². The number of carbonyl (C=O) groups excluding carboxylic acids is 1. The molecular weight excluding hydrogens is 460 g/mol. The third-order valence-corrected chi connectivity index (χ3v) is 7.58. The van der Waals surface area contributed by atoms with Crippen molar-refractivity contribution < 1.29 is 13.2 Å². The van der Waals surface area contributed by atoms with Crippen LogP contribution in [0.3, 0.4) is 0 Å². The number of benzene rings is 3. The molecule has 178 valence electrons. The van der Waals surface area contributed by atoms with Gasteiger partial charge in [0.05, 0.1) is 10.4 Å². The van der Waals surface area contributed by atoms with Crippen LogP contribution in [0.2, 0.25) is 0 Å². The largest absolute Gasteiger partial charge is 0.336 e. The van der Waals surface area contributed by atoms with Gasteiger partial charge in [-0.3, -0.25) is 19.4 Å². The molecule has 2 heterocycles. The van der Waals surface area contributed by atoms with Gasteiger partial charge in [0.2, 0.25) is 0 Å². The highest BCUT2D eigenvalue weighted by Gasteiger charge is 2.23. The number of sulfonamides is 1. The van der Waals surface area contributed by atoms with Crippen molar-refractivity contribution >= 4 is 32.5 Å². The van der Waals surface area contributed by atoms with Gasteiger partial charge in [-0.1, -0.05) is 48.5 Å². The van der Waals surface area contributed by atoms with Crippen molar-refractivity contribution in [2.45, 2.75) is 11.4 Å². The number of amides is 1. The number of anilines is 1. The van der Waals surface area contributed by atoms with Crippen LogP contribution in [-0.2, 0) is 16.6 Å². The maximum absolute atomic E-state index is 13.1. The number of carbonyl (C=O) groups is 1. The summed E-state index contributed by atoms with van der Waals surface area (Å²) < 4.78 is 27.8. The van der Waals surface area contributed by atoms with E-state index in [4.69, 9.17) is 0 Å². The van der Waals surface area contributed by atoms with Crippen molar-refractivity contribution in [1.82, 2.24) is 14.8 Å². The average molecular weight is 487 g/mol. The van der Waals surface area contributed by atoms with Crippen LogP contribution in [0.4, 0.5) is 5.69 Å². The van der Waals surface area contributed by atoms with Crippen molar-refractivity contribution in [3.8, 4) is 0 Å². The Bertz CT molecular complexity index is 1440. The maximum Gasteiger partial charge on any atom is 0.261 e. The molecule has 1 saturated heterocycles. The summed E-state index contributed by atoms with van der Waals surface area (Å²) in [6, 6.07) is 25.1. The second-order valence-electron chi connectivity index (χ2n) is 8.56. The van der Waals surface area contributed by atoms with Crippen molar-refractivity contribution in [3.63, 3.8) is 0 Å². The molecule has 0 unspecified atom stereocenters. The summed E-state index contributed by atoms with van der Waals surface area (Å²) in [4.78, 5) is 22.0. The molecule has 0 saturated carbocycles. The first kappa shape index (κ1) is 23.0. The third kappa shape index (κ3) is 5.18. The van der Waals surface area contributed by atoms with Crippen molar-refractivity contribution in [1.29, 1.82) is 0 Å². The Hall–Kier alpha value is -3.75. The summed E-state index contributed by atoms with van der Waals surface area (Å²) in [6.07, 6.45) is 1.82. The maximum atomic E-state index is 13.1. The molecule has 3 aromatic carbocycles. The quantitative estimate of drug-likeness (QED) is 0.446. The molecule has 0 atom stereocenters. The summed E-state index contributed by atoms with van der Waals surface area (Å²) in [5.74, 6) is -0.0998. The van der Waals surface area contributed by atoms with Crippen LogP contribution in [0.25, 0.3) is 10.9 Å². The second kappa shape index (κ2) is 9.85. The number of para-hydroxylation sites is 1. The Balaban J connectivity index is 1.23. The third-order valence-electron chi connectivity index (χ3n) is 6.18. The Morgan fingerprint density at radius 1 is 0.857 bits per heavy atom. The fraction of sp³-hybridized carbons (Fsp3) is 0.185. The lowest BCUT2D eigenvalue weighted by Crippen LogP contribution is -2.48. The van der Waals surface area contributed by atoms with Crippen LogP contribution in [0.1, 0.15) is 15.9 Å². The van der Waals surface area contributed by atoms with Crippen LogP contribution < -0.4 is 4.72 Å². The van der Waals surface area contributed by atoms with E-state index in [-0.39, 0.29) is 10.8 Å². The van der Waals surface area contributed by atoms with Crippen molar-refractivity contribution in [2.24, 2.45) is 0 Å². The minimum absolute atomic E-state index is 0.0998. The summed E-state index contributed by atoms with van der Waals surface area (Å²) in [6.45, 7) is 3.52. The van der Waals surface area contributed by atoms with Crippen LogP contribution >= 0.6 is 0 Å². The number of nitrogens with zero attached hydrogens (tertiary/aromatic N) is 3. The van der Waals surface area contributed by atoms with E-state index in [1.807, 2.05) is 17.2 Å². The normalized spacial score (nSPS) is 14.7. The molecule has 1 aliphatic rings. The van der Waals surface area contributed by atoms with Gasteiger partial charge in [0.25, 0.3) is 15.9 Å². The summed E-state index contributed by atoms with van der Waals surface area (Å²) in [7, 11) is -3.72. The molecule has 0 spiro atoms. The van der Waals surface area contributed by atoms with E-state index in [2.05, 4.69) is 38.9 Å². The van der Waals surface area contributed by atoms with Crippen LogP contribution in [-0.4, -0.2) is 55.3 Å². The SMILES string of the molecule is O=C(c1cccc(NS(=O)(=O)c2ccccc2)c1)N1CCN(Cc2cccc3cccnc23)CC1. The molecule has 0 aliphatic carbocycles. The molecule has 0 bridgehead atoms. The Labute approximate surface area is 205 Å². The standard InChI is InChI=1S/C27H26N4O3S/c32-27(22-8-5-11-24(19-22)29-35(33,34)25-12-2-1-3-13-25)31-17-15-30(16-18-31)20-23-9-4-7-21-10-6-14-28-26(21)23/h1-14,19,29H,15-18,20H2. The monoisotopic (exact) mass is 486 g/mol. The van der Waals surface area contributed by atoms with E-state index in [1.54, 1.807) is 42.5 Å². The molecule has 35 heavy (non-hydrogen) atoms. The number of hydrogen-bond donors (Lipinski definition) is 1. The van der Waals surface area contributed by atoms with Gasteiger partial charge in [0, 0.05) is 55.6 Å². The highest BCUT2D eigenvalue weighted by molar-refractivity contribution is 7.92. The van der Waals surface area contributed by atoms with Crippen LogP contribution in [0, 0.1) is 0 Å². The Morgan fingerprint density at radius 3 is 2.40 bits per heavy atom. The van der Waals surface area contributed by atoms with E-state index in [0.717, 1.165) is 30.5 Å². The van der Waals surface area contributed by atoms with Gasteiger partial charge in [0.15, 0.2) is 0 Å². The summed E-state index contributed by atoms with van der Waals surface area (Å²) in [5.41, 5.74) is 3.02. The number of nitrogens with one attached hydrogen (secondary N) is 1. The number of piperazine rings is 1. The molecule has 1 N–H and O–H groups in total. The van der Waals surface area contributed by atoms with E-state index >= 15 is 0 Å². The molecule has 4 aromatic rings. The van der Waals surface area contributed by atoms with Crippen molar-refractivity contribution in [3.05, 3.63) is 102 Å². The molecule has 1 amide bonds. The molecule has 1 aliphatic heterocycles. The molecule has 5 rings (SSSR count). The molecular formula is C27H26N4O3S. The van der Waals surface area contributed by atoms with Gasteiger partial charge in [-0.15, -0.1) is 0 Å². The predicted molar refractivity (Wildman–Crippen MR) is 137 cm³/mol. The fourth-order valence-corrected chi connectivity index (χ4v) is 5.43. The number of aromatic nitrogens is 1. The minimum Gasteiger partial charge on any atom is -0.336 e. The molecule has 8 heteroatoms. The molecule has 1 aromatic heterocycles. The lowest BCUT2D eigenvalue weighted by molar-refractivity contribution is 0.0629. The van der Waals surface area contributed by atoms with Gasteiger partial charge in [-0.25, -0.2) is 8.42 Å². The highest BCUT2D eigenvalue weighted by atomic mass is 32.2. The zero-order valence-corrected chi connectivity index (χ0v) is 20.0. The van der Waals surface area contributed by atoms with Gasteiger partial charge in [-0.05, 0) is 42.0 Å². The highest BCUT2D eigenvalue weighted by Crippen LogP contribution is 2.21. The zero-order chi connectivity index (χ0) is 24.3. The number of rotatable bonds is 6. The average Bonchev–Trinajstić information content (AvgIpc) is 2.89. The van der Waals surface area contributed by atoms with E-state index in [9.17, 15) is 13.2 Å². The first-order valence-corrected chi connectivity index (χ1v) is 13.0. The van der Waals surface area contributed by atoms with E-state index in [0.29, 0.717) is 24.3 Å². The van der Waals surface area contributed by atoms with Gasteiger partial charge in [0.1, 0.15) is 0 Å². The zero-order valence-electron chi connectivity index (χ0n) is 19.2. The minimum atomic E-state index is -3.72. The smallest absolute Gasteiger partial charge is 0.261 e. The Kier molecular flexibility index (Phi) is 6.48. The second-order valence-corrected chi connectivity index (χ2v) is 10.2. The molecule has 0 radical (unpaired) electrons. The van der Waals surface area contributed by atoms with Crippen molar-refractivity contribution in [2.75, 3.05) is 30.9 Å². The lowest BCUT2D eigenvalue weighted by Gasteiger charge is -2.35. The first-order valence-electron chi connectivity index (χ1n) is 11.5. The van der Waals surface area contributed by atoms with Crippen LogP contribution in [0.15, 0.2) is 96.0 Å². The Morgan fingerprint density at radius 2 is 1.60 bits per heavy atom. The molecule has 1 fully saturated rings. The first-order chi connectivity index (χ1) is 17.0. The number of fused-ring (bicyclic) bond motifs is 1.